The molecule has 0 heterocycles. The minimum atomic E-state index is -0.559. The largest absolute Gasteiger partial charge is 0.444 e. The summed E-state index contributed by atoms with van der Waals surface area (Å²) in [4.78, 5) is 16.1. The van der Waals surface area contributed by atoms with Gasteiger partial charge >= 0.3 is 6.09 Å². The Morgan fingerprint density at radius 1 is 1.34 bits per heavy atom. The third kappa shape index (κ3) is 9.79. The zero-order chi connectivity index (χ0) is 21.9. The molecule has 0 aromatic heterocycles. The van der Waals surface area contributed by atoms with E-state index in [0.717, 1.165) is 19.3 Å². The number of ether oxygens (including phenoxy) is 1. The molecule has 1 unspecified atom stereocenters. The van der Waals surface area contributed by atoms with Crippen LogP contribution in [0.15, 0.2) is 23.2 Å². The van der Waals surface area contributed by atoms with Gasteiger partial charge in [0.1, 0.15) is 11.4 Å². The number of hydrogen-bond acceptors (Lipinski definition) is 4. The van der Waals surface area contributed by atoms with Gasteiger partial charge in [-0.2, -0.15) is 5.26 Å². The van der Waals surface area contributed by atoms with Crippen molar-refractivity contribution in [2.75, 3.05) is 13.6 Å². The lowest BCUT2D eigenvalue weighted by molar-refractivity contribution is 0.0522. The summed E-state index contributed by atoms with van der Waals surface area (Å²) >= 11 is 0. The summed E-state index contributed by atoms with van der Waals surface area (Å²) in [5.41, 5.74) is 0.216. The van der Waals surface area contributed by atoms with Crippen LogP contribution >= 0.6 is 0 Å². The molecule has 160 valence electrons. The SMILES string of the molecule is CCCCC(CNC(=O)OC(C)(C)C)NC(=NC)NCc1cc(C#N)ccc1F. The highest BCUT2D eigenvalue weighted by atomic mass is 19.1. The molecular formula is C21H32FN5O2. The number of alkyl carbamates (subject to hydrolysis) is 1. The zero-order valence-electron chi connectivity index (χ0n) is 17.9. The summed E-state index contributed by atoms with van der Waals surface area (Å²) < 4.78 is 19.2. The molecule has 1 atom stereocenters. The molecule has 29 heavy (non-hydrogen) atoms. The summed E-state index contributed by atoms with van der Waals surface area (Å²) in [5.74, 6) is 0.0972. The number of hydrogen-bond donors (Lipinski definition) is 3. The molecule has 1 amide bonds. The summed E-state index contributed by atoms with van der Waals surface area (Å²) in [6.07, 6.45) is 2.34. The Balaban J connectivity index is 2.68. The lowest BCUT2D eigenvalue weighted by Crippen LogP contribution is -2.48. The number of guanidine groups is 1. The molecule has 0 aliphatic rings. The number of carbonyl (C=O) groups excluding carboxylic acids is 1. The van der Waals surface area contributed by atoms with Crippen LogP contribution in [-0.2, 0) is 11.3 Å². The fraction of sp³-hybridized carbons (Fsp3) is 0.571. The number of halogens is 1. The highest BCUT2D eigenvalue weighted by Gasteiger charge is 2.18. The van der Waals surface area contributed by atoms with Crippen LogP contribution in [0.3, 0.4) is 0 Å². The smallest absolute Gasteiger partial charge is 0.407 e. The van der Waals surface area contributed by atoms with Gasteiger partial charge in [-0.05, 0) is 45.4 Å². The van der Waals surface area contributed by atoms with Gasteiger partial charge in [0.2, 0.25) is 0 Å². The predicted octanol–water partition coefficient (Wildman–Crippen LogP) is 3.45. The molecule has 3 N–H and O–H groups in total. The third-order valence-electron chi connectivity index (χ3n) is 3.98. The molecule has 1 aromatic carbocycles. The molecule has 0 spiro atoms. The monoisotopic (exact) mass is 405 g/mol. The van der Waals surface area contributed by atoms with Crippen LogP contribution in [0.5, 0.6) is 0 Å². The Kier molecular flexibility index (Phi) is 9.93. The highest BCUT2D eigenvalue weighted by molar-refractivity contribution is 5.80. The highest BCUT2D eigenvalue weighted by Crippen LogP contribution is 2.10. The van der Waals surface area contributed by atoms with E-state index >= 15 is 0 Å². The molecular weight excluding hydrogens is 373 g/mol. The molecule has 7 nitrogen and oxygen atoms in total. The fourth-order valence-corrected chi connectivity index (χ4v) is 2.54. The van der Waals surface area contributed by atoms with Gasteiger partial charge in [0.25, 0.3) is 0 Å². The van der Waals surface area contributed by atoms with Crippen LogP contribution in [0.2, 0.25) is 0 Å². The van der Waals surface area contributed by atoms with Crippen molar-refractivity contribution in [2.45, 2.75) is 65.1 Å². The first-order valence-electron chi connectivity index (χ1n) is 9.81. The zero-order valence-corrected chi connectivity index (χ0v) is 17.9. The normalized spacial score (nSPS) is 12.7. The van der Waals surface area contributed by atoms with Crippen LogP contribution in [0.1, 0.15) is 58.1 Å². The number of rotatable bonds is 8. The van der Waals surface area contributed by atoms with E-state index in [9.17, 15) is 9.18 Å². The topological polar surface area (TPSA) is 98.5 Å². The summed E-state index contributed by atoms with van der Waals surface area (Å²) in [5, 5.41) is 18.1. The maximum Gasteiger partial charge on any atom is 0.407 e. The Morgan fingerprint density at radius 2 is 2.07 bits per heavy atom. The second-order valence-electron chi connectivity index (χ2n) is 7.71. The Bertz CT molecular complexity index is 738. The average Bonchev–Trinajstić information content (AvgIpc) is 2.66. The van der Waals surface area contributed by atoms with Gasteiger partial charge in [-0.3, -0.25) is 4.99 Å². The van der Waals surface area contributed by atoms with E-state index in [0.29, 0.717) is 23.6 Å². The predicted molar refractivity (Wildman–Crippen MR) is 112 cm³/mol. The van der Waals surface area contributed by atoms with E-state index in [-0.39, 0.29) is 18.4 Å². The summed E-state index contributed by atoms with van der Waals surface area (Å²) in [7, 11) is 1.62. The minimum absolute atomic E-state index is 0.0658. The van der Waals surface area contributed by atoms with Crippen LogP contribution in [0, 0.1) is 17.1 Å². The number of unbranched alkanes of at least 4 members (excludes halogenated alkanes) is 1. The first-order valence-corrected chi connectivity index (χ1v) is 9.81. The third-order valence-corrected chi connectivity index (χ3v) is 3.98. The van der Waals surface area contributed by atoms with E-state index in [1.54, 1.807) is 7.05 Å². The number of nitrogens with one attached hydrogen (secondary N) is 3. The number of carbonyl (C=O) groups is 1. The van der Waals surface area contributed by atoms with Gasteiger partial charge in [-0.1, -0.05) is 19.8 Å². The molecule has 0 saturated carbocycles. The van der Waals surface area contributed by atoms with Gasteiger partial charge in [-0.25, -0.2) is 9.18 Å². The maximum absolute atomic E-state index is 14.0. The van der Waals surface area contributed by atoms with Gasteiger partial charge < -0.3 is 20.7 Å². The van der Waals surface area contributed by atoms with E-state index in [1.807, 2.05) is 26.8 Å². The second kappa shape index (κ2) is 11.9. The standard InChI is InChI=1S/C21H32FN5O2/c1-6-7-8-17(14-26-20(28)29-21(2,3)4)27-19(24-5)25-13-16-11-15(12-23)9-10-18(16)22/h9-11,17H,6-8,13-14H2,1-5H3,(H,26,28)(H2,24,25,27). The van der Waals surface area contributed by atoms with Crippen molar-refractivity contribution in [3.8, 4) is 6.07 Å². The molecule has 0 aliphatic carbocycles. The molecule has 0 saturated heterocycles. The minimum Gasteiger partial charge on any atom is -0.444 e. The fourth-order valence-electron chi connectivity index (χ4n) is 2.54. The van der Waals surface area contributed by atoms with Gasteiger partial charge in [-0.15, -0.1) is 0 Å². The van der Waals surface area contributed by atoms with Crippen molar-refractivity contribution in [3.63, 3.8) is 0 Å². The van der Waals surface area contributed by atoms with E-state index in [2.05, 4.69) is 27.9 Å². The van der Waals surface area contributed by atoms with Gasteiger partial charge in [0, 0.05) is 31.7 Å². The first-order chi connectivity index (χ1) is 13.7. The van der Waals surface area contributed by atoms with Crippen molar-refractivity contribution in [3.05, 3.63) is 35.1 Å². The van der Waals surface area contributed by atoms with Crippen molar-refractivity contribution >= 4 is 12.1 Å². The molecule has 0 radical (unpaired) electrons. The van der Waals surface area contributed by atoms with Gasteiger partial charge in [0.15, 0.2) is 5.96 Å². The van der Waals surface area contributed by atoms with Crippen LogP contribution < -0.4 is 16.0 Å². The lowest BCUT2D eigenvalue weighted by atomic mass is 10.1. The Morgan fingerprint density at radius 3 is 2.66 bits per heavy atom. The molecule has 8 heteroatoms. The number of benzene rings is 1. The number of nitriles is 1. The second-order valence-corrected chi connectivity index (χ2v) is 7.71. The number of aliphatic imine (C=N–C) groups is 1. The molecule has 1 rings (SSSR count). The quantitative estimate of drug-likeness (QED) is 0.454. The lowest BCUT2D eigenvalue weighted by Gasteiger charge is -2.24. The van der Waals surface area contributed by atoms with Crippen LogP contribution in [-0.4, -0.2) is 37.3 Å². The maximum atomic E-state index is 14.0. The Labute approximate surface area is 172 Å². The Hall–Kier alpha value is -2.82. The van der Waals surface area contributed by atoms with Crippen molar-refractivity contribution in [2.24, 2.45) is 4.99 Å². The van der Waals surface area contributed by atoms with Crippen molar-refractivity contribution in [1.29, 1.82) is 5.26 Å². The molecule has 0 aliphatic heterocycles. The summed E-state index contributed by atoms with van der Waals surface area (Å²) in [6.45, 7) is 8.08. The van der Waals surface area contributed by atoms with E-state index in [1.165, 1.54) is 18.2 Å². The molecule has 0 fully saturated rings. The van der Waals surface area contributed by atoms with E-state index < -0.39 is 11.7 Å². The molecule has 0 bridgehead atoms. The van der Waals surface area contributed by atoms with Crippen LogP contribution in [0.25, 0.3) is 0 Å². The molecule has 1 aromatic rings. The van der Waals surface area contributed by atoms with E-state index in [4.69, 9.17) is 10.00 Å². The average molecular weight is 406 g/mol. The number of nitrogens with zero attached hydrogens (tertiary/aromatic N) is 2. The number of amides is 1. The first kappa shape index (κ1) is 24.2. The van der Waals surface area contributed by atoms with Crippen molar-refractivity contribution in [1.82, 2.24) is 16.0 Å². The van der Waals surface area contributed by atoms with Crippen molar-refractivity contribution < 1.29 is 13.9 Å². The summed E-state index contributed by atoms with van der Waals surface area (Å²) in [6, 6.07) is 6.16. The van der Waals surface area contributed by atoms with Gasteiger partial charge in [0.05, 0.1) is 11.6 Å². The van der Waals surface area contributed by atoms with Crippen LogP contribution in [0.4, 0.5) is 9.18 Å².